The molecule has 2 aliphatic rings. The lowest BCUT2D eigenvalue weighted by Gasteiger charge is -2.40. The molecule has 39 heavy (non-hydrogen) atoms. The molecular weight excluding hydrogens is 532 g/mol. The van der Waals surface area contributed by atoms with E-state index in [4.69, 9.17) is 9.47 Å². The van der Waals surface area contributed by atoms with E-state index >= 15 is 0 Å². The lowest BCUT2D eigenvalue weighted by molar-refractivity contribution is -0.286. The van der Waals surface area contributed by atoms with E-state index in [0.29, 0.717) is 25.7 Å². The zero-order valence-corrected chi connectivity index (χ0v) is 22.9. The number of esters is 1. The van der Waals surface area contributed by atoms with Gasteiger partial charge in [-0.2, -0.15) is 11.8 Å². The molecule has 12 nitrogen and oxygen atoms in total. The Kier molecular flexibility index (Phi) is 10.4. The number of carboxylic acid groups (broad SMARTS) is 1. The summed E-state index contributed by atoms with van der Waals surface area (Å²) in [6, 6.07) is 8.65. The van der Waals surface area contributed by atoms with Crippen LogP contribution in [0.3, 0.4) is 0 Å². The van der Waals surface area contributed by atoms with Crippen molar-refractivity contribution < 1.29 is 49.1 Å². The van der Waals surface area contributed by atoms with Crippen molar-refractivity contribution in [2.45, 2.75) is 87.1 Å². The largest absolute Gasteiger partial charge is 0.479 e. The van der Waals surface area contributed by atoms with Crippen molar-refractivity contribution in [1.29, 1.82) is 0 Å². The van der Waals surface area contributed by atoms with Crippen LogP contribution in [-0.2, 0) is 35.1 Å². The Balaban J connectivity index is 1.69. The fraction of sp³-hybridized carbons (Fsp3) is 0.615. The molecule has 0 aliphatic carbocycles. The fourth-order valence-corrected chi connectivity index (χ4v) is 5.37. The van der Waals surface area contributed by atoms with Crippen molar-refractivity contribution in [2.24, 2.45) is 0 Å². The highest BCUT2D eigenvalue weighted by Crippen LogP contribution is 2.29. The molecule has 0 saturated carbocycles. The topological polar surface area (TPSA) is 183 Å². The van der Waals surface area contributed by atoms with E-state index < -0.39 is 71.9 Å². The first-order chi connectivity index (χ1) is 18.4. The number of hydrogen-bond acceptors (Lipinski definition) is 10. The number of carbonyl (C=O) groups excluding carboxylic acids is 3. The third-order valence-electron chi connectivity index (χ3n) is 7.08. The first-order valence-electron chi connectivity index (χ1n) is 12.7. The normalized spacial score (nSPS) is 29.7. The predicted molar refractivity (Wildman–Crippen MR) is 139 cm³/mol. The van der Waals surface area contributed by atoms with Crippen molar-refractivity contribution in [3.05, 3.63) is 35.9 Å². The van der Waals surface area contributed by atoms with Gasteiger partial charge in [0.1, 0.15) is 30.9 Å². The van der Waals surface area contributed by atoms with Gasteiger partial charge in [0.25, 0.3) is 0 Å². The smallest absolute Gasteiger partial charge is 0.335 e. The van der Waals surface area contributed by atoms with Crippen LogP contribution in [0, 0.1) is 0 Å². The van der Waals surface area contributed by atoms with Gasteiger partial charge >= 0.3 is 11.9 Å². The third kappa shape index (κ3) is 7.48. The standard InChI is InChI=1S/C26H36N2O10S/c1-26(2)11-7-10-15(27-22(33)16(39-3)12-14-8-5-4-6-9-14)23(34)28(26)13-17(29)37-25-20(32)18(30)19(31)21(38-25)24(35)36/h4-6,8-9,15-16,18-21,25,30-32H,7,10-13H2,1-3H3,(H,27,33)(H,35,36)/t15-,16-,18-,19-,20+,21-,25+/m0/s1. The summed E-state index contributed by atoms with van der Waals surface area (Å²) in [6.07, 6.45) is -5.78. The van der Waals surface area contributed by atoms with E-state index in [1.807, 2.05) is 36.6 Å². The maximum absolute atomic E-state index is 13.6. The lowest BCUT2D eigenvalue weighted by atomic mass is 9.97. The number of likely N-dealkylation sites (tertiary alicyclic amines) is 1. The highest BCUT2D eigenvalue weighted by molar-refractivity contribution is 7.99. The number of carboxylic acids is 1. The molecule has 2 heterocycles. The molecule has 3 rings (SSSR count). The minimum Gasteiger partial charge on any atom is -0.479 e. The second-order valence-electron chi connectivity index (χ2n) is 10.3. The fourth-order valence-electron chi connectivity index (χ4n) is 4.73. The van der Waals surface area contributed by atoms with Crippen molar-refractivity contribution in [1.82, 2.24) is 10.2 Å². The highest BCUT2D eigenvalue weighted by Gasteiger charge is 2.49. The minimum absolute atomic E-state index is 0.294. The van der Waals surface area contributed by atoms with Crippen molar-refractivity contribution >= 4 is 35.5 Å². The Morgan fingerprint density at radius 2 is 1.82 bits per heavy atom. The molecule has 2 aliphatic heterocycles. The third-order valence-corrected chi connectivity index (χ3v) is 8.03. The highest BCUT2D eigenvalue weighted by atomic mass is 32.2. The van der Waals surface area contributed by atoms with Crippen LogP contribution in [0.2, 0.25) is 0 Å². The van der Waals surface area contributed by atoms with Gasteiger partial charge < -0.3 is 40.1 Å². The molecule has 0 unspecified atom stereocenters. The molecule has 1 aromatic carbocycles. The number of thioether (sulfide) groups is 1. The second-order valence-corrected chi connectivity index (χ2v) is 11.4. The number of benzene rings is 1. The molecule has 0 radical (unpaired) electrons. The zero-order valence-electron chi connectivity index (χ0n) is 22.1. The summed E-state index contributed by atoms with van der Waals surface area (Å²) in [5.74, 6) is -3.41. The molecule has 13 heteroatoms. The number of hydrogen-bond donors (Lipinski definition) is 5. The first kappa shape index (κ1) is 30.8. The summed E-state index contributed by atoms with van der Waals surface area (Å²) in [7, 11) is 0. The number of aliphatic hydroxyl groups is 3. The quantitative estimate of drug-likeness (QED) is 0.246. The van der Waals surface area contributed by atoms with Crippen molar-refractivity contribution in [3.8, 4) is 0 Å². The molecular formula is C26H36N2O10S. The van der Waals surface area contributed by atoms with Gasteiger partial charge in [0.05, 0.1) is 5.25 Å². The molecule has 2 saturated heterocycles. The number of amides is 2. The monoisotopic (exact) mass is 568 g/mol. The van der Waals surface area contributed by atoms with E-state index in [9.17, 15) is 39.6 Å². The van der Waals surface area contributed by atoms with Gasteiger partial charge in [-0.1, -0.05) is 30.3 Å². The van der Waals surface area contributed by atoms with E-state index in [-0.39, 0.29) is 5.91 Å². The zero-order chi connectivity index (χ0) is 28.9. The van der Waals surface area contributed by atoms with Crippen LogP contribution in [0.25, 0.3) is 0 Å². The minimum atomic E-state index is -1.94. The van der Waals surface area contributed by atoms with Crippen LogP contribution in [0.1, 0.15) is 38.7 Å². The lowest BCUT2D eigenvalue weighted by Crippen LogP contribution is -2.61. The number of aliphatic carboxylic acids is 1. The molecule has 2 fully saturated rings. The van der Waals surface area contributed by atoms with Crippen LogP contribution in [-0.4, -0.2) is 109 Å². The van der Waals surface area contributed by atoms with Crippen LogP contribution in [0.5, 0.6) is 0 Å². The van der Waals surface area contributed by atoms with Gasteiger partial charge in [-0.3, -0.25) is 14.4 Å². The Labute approximate surface area is 230 Å². The number of carbonyl (C=O) groups is 4. The Bertz CT molecular complexity index is 1040. The van der Waals surface area contributed by atoms with Gasteiger partial charge in [-0.05, 0) is 51.3 Å². The molecule has 1 aromatic rings. The maximum Gasteiger partial charge on any atom is 0.335 e. The Morgan fingerprint density at radius 3 is 2.44 bits per heavy atom. The van der Waals surface area contributed by atoms with E-state index in [2.05, 4.69) is 5.32 Å². The summed E-state index contributed by atoms with van der Waals surface area (Å²) in [5.41, 5.74) is 0.198. The van der Waals surface area contributed by atoms with Crippen LogP contribution in [0.15, 0.2) is 30.3 Å². The molecule has 2 amide bonds. The molecule has 5 N–H and O–H groups in total. The Hall–Kier alpha value is -2.71. The van der Waals surface area contributed by atoms with Crippen molar-refractivity contribution in [3.63, 3.8) is 0 Å². The summed E-state index contributed by atoms with van der Waals surface area (Å²) in [6.45, 7) is 2.97. The van der Waals surface area contributed by atoms with Crippen LogP contribution < -0.4 is 5.32 Å². The second kappa shape index (κ2) is 13.1. The summed E-state index contributed by atoms with van der Waals surface area (Å²) < 4.78 is 10.1. The van der Waals surface area contributed by atoms with Crippen LogP contribution >= 0.6 is 11.8 Å². The summed E-state index contributed by atoms with van der Waals surface area (Å²) >= 11 is 1.37. The number of ether oxygens (including phenoxy) is 2. The van der Waals surface area contributed by atoms with E-state index in [1.165, 1.54) is 16.7 Å². The average molecular weight is 569 g/mol. The number of rotatable bonds is 9. The van der Waals surface area contributed by atoms with E-state index in [0.717, 1.165) is 5.56 Å². The Morgan fingerprint density at radius 1 is 1.15 bits per heavy atom. The van der Waals surface area contributed by atoms with Crippen LogP contribution in [0.4, 0.5) is 0 Å². The van der Waals surface area contributed by atoms with Crippen molar-refractivity contribution in [2.75, 3.05) is 12.8 Å². The average Bonchev–Trinajstić information content (AvgIpc) is 2.99. The summed E-state index contributed by atoms with van der Waals surface area (Å²) in [5, 5.41) is 41.5. The number of nitrogens with one attached hydrogen (secondary N) is 1. The van der Waals surface area contributed by atoms with Gasteiger partial charge in [0.2, 0.25) is 18.1 Å². The molecule has 7 atom stereocenters. The van der Waals surface area contributed by atoms with Gasteiger partial charge in [0, 0.05) is 5.54 Å². The number of nitrogens with zero attached hydrogens (tertiary/aromatic N) is 1. The van der Waals surface area contributed by atoms with Gasteiger partial charge in [0.15, 0.2) is 6.10 Å². The SMILES string of the molecule is CS[C@@H](Cc1ccccc1)C(=O)N[C@H]1CCCC(C)(C)N(CC(=O)O[C@@H]2O[C@H](C(=O)O)[C@@H](O)[C@H](O)[C@H]2O)C1=O. The molecule has 0 aromatic heterocycles. The summed E-state index contributed by atoms with van der Waals surface area (Å²) in [4.78, 5) is 52.1. The first-order valence-corrected chi connectivity index (χ1v) is 13.9. The van der Waals surface area contributed by atoms with E-state index in [1.54, 1.807) is 13.8 Å². The molecule has 216 valence electrons. The predicted octanol–water partition coefficient (Wildman–Crippen LogP) is -0.328. The molecule has 0 bridgehead atoms. The molecule has 0 spiro atoms. The van der Waals surface area contributed by atoms with Gasteiger partial charge in [-0.15, -0.1) is 0 Å². The maximum atomic E-state index is 13.6. The number of aliphatic hydroxyl groups excluding tert-OH is 3. The van der Waals surface area contributed by atoms with Gasteiger partial charge in [-0.25, -0.2) is 4.79 Å².